The number of aryl methyl sites for hydroxylation is 3. The molecule has 1 fully saturated rings. The number of furan rings is 1. The molecule has 2 N–H and O–H groups in total. The van der Waals surface area contributed by atoms with Crippen molar-refractivity contribution in [2.45, 2.75) is 63.9 Å². The second-order valence-corrected chi connectivity index (χ2v) is 11.3. The normalized spacial score (nSPS) is 14.3. The van der Waals surface area contributed by atoms with Crippen molar-refractivity contribution in [3.8, 4) is 16.9 Å². The van der Waals surface area contributed by atoms with E-state index >= 15 is 0 Å². The highest BCUT2D eigenvalue weighted by Gasteiger charge is 2.29. The quantitative estimate of drug-likeness (QED) is 0.347. The maximum absolute atomic E-state index is 13.4. The number of fused-ring (bicyclic) bond motifs is 1. The van der Waals surface area contributed by atoms with Crippen molar-refractivity contribution >= 4 is 21.6 Å². The summed E-state index contributed by atoms with van der Waals surface area (Å²) in [6.07, 6.45) is 3.59. The Hall–Kier alpha value is -3.70. The zero-order chi connectivity index (χ0) is 27.0. The lowest BCUT2D eigenvalue weighted by molar-refractivity contribution is 0.0943. The van der Waals surface area contributed by atoms with E-state index in [1.807, 2.05) is 32.9 Å². The number of methoxy groups -OCH3 is 1. The Bertz CT molecular complexity index is 1620. The SMILES string of the molecule is COc1ccc(-c2c(C(=O)NCc3ccc(C)o3)nn3c(C)cc(C)nc23)cc1S(=O)(=O)NC1CCCC1. The van der Waals surface area contributed by atoms with Crippen molar-refractivity contribution in [3.05, 3.63) is 65.0 Å². The van der Waals surface area contributed by atoms with E-state index in [0.29, 0.717) is 22.5 Å². The van der Waals surface area contributed by atoms with Gasteiger partial charge in [-0.2, -0.15) is 5.10 Å². The Morgan fingerprint density at radius 2 is 1.89 bits per heavy atom. The van der Waals surface area contributed by atoms with Gasteiger partial charge in [0.25, 0.3) is 5.91 Å². The Balaban J connectivity index is 1.61. The van der Waals surface area contributed by atoms with Crippen molar-refractivity contribution in [2.24, 2.45) is 0 Å². The lowest BCUT2D eigenvalue weighted by Gasteiger charge is -2.16. The fourth-order valence-electron chi connectivity index (χ4n) is 4.95. The molecule has 0 spiro atoms. The summed E-state index contributed by atoms with van der Waals surface area (Å²) < 4.78 is 42.3. The van der Waals surface area contributed by atoms with Crippen LogP contribution in [0.5, 0.6) is 5.75 Å². The van der Waals surface area contributed by atoms with E-state index < -0.39 is 15.9 Å². The summed E-state index contributed by atoms with van der Waals surface area (Å²) >= 11 is 0. The minimum atomic E-state index is -3.88. The van der Waals surface area contributed by atoms with Gasteiger partial charge < -0.3 is 14.5 Å². The van der Waals surface area contributed by atoms with Gasteiger partial charge in [0.05, 0.1) is 19.2 Å². The molecule has 1 amide bonds. The number of carbonyl (C=O) groups is 1. The molecule has 1 aromatic carbocycles. The standard InChI is InChI=1S/C27H31N5O5S/c1-16-13-17(2)32-26(29-16)24(25(30-32)27(33)28-15-21-11-9-18(3)37-21)19-10-12-22(36-4)23(14-19)38(34,35)31-20-7-5-6-8-20/h9-14,20,31H,5-8,15H2,1-4H3,(H,28,33). The molecule has 0 atom stereocenters. The van der Waals surface area contributed by atoms with Crippen molar-refractivity contribution in [1.29, 1.82) is 0 Å². The third-order valence-electron chi connectivity index (χ3n) is 6.75. The van der Waals surface area contributed by atoms with Crippen LogP contribution in [0, 0.1) is 20.8 Å². The monoisotopic (exact) mass is 537 g/mol. The van der Waals surface area contributed by atoms with Gasteiger partial charge >= 0.3 is 0 Å². The third kappa shape index (κ3) is 5.03. The van der Waals surface area contributed by atoms with E-state index in [1.54, 1.807) is 22.7 Å². The molecule has 0 radical (unpaired) electrons. The summed E-state index contributed by atoms with van der Waals surface area (Å²) in [5.41, 5.74) is 3.05. The molecular weight excluding hydrogens is 506 g/mol. The maximum atomic E-state index is 13.4. The highest BCUT2D eigenvalue weighted by Crippen LogP contribution is 2.35. The zero-order valence-electron chi connectivity index (χ0n) is 21.9. The second-order valence-electron chi connectivity index (χ2n) is 9.66. The molecular formula is C27H31N5O5S. The predicted molar refractivity (Wildman–Crippen MR) is 142 cm³/mol. The third-order valence-corrected chi connectivity index (χ3v) is 8.29. The summed E-state index contributed by atoms with van der Waals surface area (Å²) in [5, 5.41) is 7.44. The summed E-state index contributed by atoms with van der Waals surface area (Å²) in [4.78, 5) is 18.1. The average Bonchev–Trinajstić information content (AvgIpc) is 3.62. The molecule has 1 aliphatic carbocycles. The van der Waals surface area contributed by atoms with Gasteiger partial charge in [0.2, 0.25) is 10.0 Å². The molecule has 0 bridgehead atoms. The van der Waals surface area contributed by atoms with Crippen LogP contribution in [0.1, 0.15) is 59.1 Å². The number of hydrogen-bond acceptors (Lipinski definition) is 7. The molecule has 0 saturated heterocycles. The molecule has 3 aromatic heterocycles. The van der Waals surface area contributed by atoms with Crippen molar-refractivity contribution in [3.63, 3.8) is 0 Å². The number of amides is 1. The van der Waals surface area contributed by atoms with Crippen molar-refractivity contribution in [2.75, 3.05) is 7.11 Å². The largest absolute Gasteiger partial charge is 0.495 e. The van der Waals surface area contributed by atoms with Crippen LogP contribution >= 0.6 is 0 Å². The van der Waals surface area contributed by atoms with Gasteiger partial charge in [0.1, 0.15) is 22.2 Å². The molecule has 5 rings (SSSR count). The highest BCUT2D eigenvalue weighted by atomic mass is 32.2. The molecule has 4 aromatic rings. The van der Waals surface area contributed by atoms with Crippen LogP contribution in [0.4, 0.5) is 0 Å². The molecule has 0 unspecified atom stereocenters. The molecule has 38 heavy (non-hydrogen) atoms. The smallest absolute Gasteiger partial charge is 0.272 e. The molecule has 10 nitrogen and oxygen atoms in total. The molecule has 1 saturated carbocycles. The number of sulfonamides is 1. The summed E-state index contributed by atoms with van der Waals surface area (Å²) in [6.45, 7) is 5.75. The summed E-state index contributed by atoms with van der Waals surface area (Å²) in [7, 11) is -2.45. The van der Waals surface area contributed by atoms with E-state index in [2.05, 4.69) is 20.1 Å². The number of nitrogens with zero attached hydrogens (tertiary/aromatic N) is 3. The molecule has 3 heterocycles. The van der Waals surface area contributed by atoms with E-state index in [-0.39, 0.29) is 28.9 Å². The second kappa shape index (κ2) is 10.2. The Kier molecular flexibility index (Phi) is 6.97. The Morgan fingerprint density at radius 3 is 2.58 bits per heavy atom. The molecule has 0 aliphatic heterocycles. The first-order valence-electron chi connectivity index (χ1n) is 12.6. The van der Waals surface area contributed by atoms with E-state index in [9.17, 15) is 13.2 Å². The van der Waals surface area contributed by atoms with E-state index in [1.165, 1.54) is 13.2 Å². The van der Waals surface area contributed by atoms with Crippen LogP contribution < -0.4 is 14.8 Å². The maximum Gasteiger partial charge on any atom is 0.272 e. The van der Waals surface area contributed by atoms with Crippen LogP contribution in [-0.4, -0.2) is 42.1 Å². The molecule has 200 valence electrons. The number of aromatic nitrogens is 3. The molecule has 11 heteroatoms. The number of rotatable bonds is 8. The number of ether oxygens (including phenoxy) is 1. The van der Waals surface area contributed by atoms with E-state index in [4.69, 9.17) is 9.15 Å². The van der Waals surface area contributed by atoms with Crippen LogP contribution in [-0.2, 0) is 16.6 Å². The average molecular weight is 538 g/mol. The van der Waals surface area contributed by atoms with Gasteiger partial charge in [-0.25, -0.2) is 22.6 Å². The van der Waals surface area contributed by atoms with Crippen LogP contribution in [0.25, 0.3) is 16.8 Å². The fourth-order valence-corrected chi connectivity index (χ4v) is 6.45. The minimum absolute atomic E-state index is 0.00513. The number of carbonyl (C=O) groups excluding carboxylic acids is 1. The van der Waals surface area contributed by atoms with E-state index in [0.717, 1.165) is 42.8 Å². The predicted octanol–water partition coefficient (Wildman–Crippen LogP) is 4.07. The van der Waals surface area contributed by atoms with Crippen LogP contribution in [0.3, 0.4) is 0 Å². The lowest BCUT2D eigenvalue weighted by Crippen LogP contribution is -2.32. The van der Waals surface area contributed by atoms with Gasteiger partial charge in [-0.3, -0.25) is 4.79 Å². The van der Waals surface area contributed by atoms with Crippen LogP contribution in [0.15, 0.2) is 45.7 Å². The summed E-state index contributed by atoms with van der Waals surface area (Å²) in [5.74, 6) is 1.15. The number of nitrogens with one attached hydrogen (secondary N) is 2. The lowest BCUT2D eigenvalue weighted by atomic mass is 10.0. The van der Waals surface area contributed by atoms with Gasteiger partial charge in [-0.15, -0.1) is 0 Å². The van der Waals surface area contributed by atoms with Crippen molar-refractivity contribution in [1.82, 2.24) is 24.6 Å². The Morgan fingerprint density at radius 1 is 1.13 bits per heavy atom. The van der Waals surface area contributed by atoms with Gasteiger partial charge in [-0.05, 0) is 69.5 Å². The molecule has 1 aliphatic rings. The fraction of sp³-hybridized carbons (Fsp3) is 0.370. The first kappa shape index (κ1) is 25.9. The summed E-state index contributed by atoms with van der Waals surface area (Å²) in [6, 6.07) is 10.2. The zero-order valence-corrected chi connectivity index (χ0v) is 22.7. The van der Waals surface area contributed by atoms with Crippen molar-refractivity contribution < 1.29 is 22.4 Å². The van der Waals surface area contributed by atoms with Crippen LogP contribution in [0.2, 0.25) is 0 Å². The van der Waals surface area contributed by atoms with Gasteiger partial charge in [0, 0.05) is 17.4 Å². The van der Waals surface area contributed by atoms with Gasteiger partial charge in [-0.1, -0.05) is 18.9 Å². The first-order chi connectivity index (χ1) is 18.2. The van der Waals surface area contributed by atoms with Gasteiger partial charge in [0.15, 0.2) is 11.3 Å². The first-order valence-corrected chi connectivity index (χ1v) is 14.1. The number of hydrogen-bond donors (Lipinski definition) is 2. The Labute approximate surface area is 221 Å². The minimum Gasteiger partial charge on any atom is -0.495 e. The topological polar surface area (TPSA) is 128 Å². The highest BCUT2D eigenvalue weighted by molar-refractivity contribution is 7.89. The number of benzene rings is 1.